The second-order valence-electron chi connectivity index (χ2n) is 3.79. The van der Waals surface area contributed by atoms with Crippen molar-refractivity contribution < 1.29 is 36.8 Å². The molecule has 2 aliphatic rings. The van der Waals surface area contributed by atoms with Gasteiger partial charge in [0, 0.05) is 0 Å². The average Bonchev–Trinajstić information content (AvgIpc) is 3.14. The Hall–Kier alpha value is -1.84. The fraction of sp³-hybridized carbons (Fsp3) is 0.250. The second kappa shape index (κ2) is 10.9. The van der Waals surface area contributed by atoms with E-state index in [9.17, 15) is 10.2 Å². The maximum atomic E-state index is 10.9. The third-order valence-corrected chi connectivity index (χ3v) is 2.35. The molecule has 0 atom stereocenters. The van der Waals surface area contributed by atoms with Crippen LogP contribution in [0, 0.1) is 0 Å². The number of hydrogen-bond acceptors (Lipinski definition) is 4. The molecular formula is C16H18FeO4. The van der Waals surface area contributed by atoms with E-state index in [0.29, 0.717) is 24.4 Å². The van der Waals surface area contributed by atoms with E-state index in [1.54, 1.807) is 38.2 Å². The Balaban J connectivity index is 0.000000364. The Bertz CT molecular complexity index is 422. The largest absolute Gasteiger partial charge is 2.00 e. The van der Waals surface area contributed by atoms with Crippen molar-refractivity contribution in [1.82, 2.24) is 0 Å². The van der Waals surface area contributed by atoms with E-state index in [1.165, 1.54) is 0 Å². The second-order valence-corrected chi connectivity index (χ2v) is 3.79. The van der Waals surface area contributed by atoms with Gasteiger partial charge in [-0.3, -0.25) is 0 Å². The van der Waals surface area contributed by atoms with Crippen LogP contribution in [0.2, 0.25) is 0 Å². The Labute approximate surface area is 135 Å². The maximum Gasteiger partial charge on any atom is 2.00 e. The van der Waals surface area contributed by atoms with Crippen molar-refractivity contribution in [3.63, 3.8) is 0 Å². The predicted molar refractivity (Wildman–Crippen MR) is 73.9 cm³/mol. The van der Waals surface area contributed by atoms with Gasteiger partial charge in [0.15, 0.2) is 0 Å². The molecule has 0 heterocycles. The quantitative estimate of drug-likeness (QED) is 0.578. The van der Waals surface area contributed by atoms with Gasteiger partial charge in [-0.2, -0.15) is 0 Å². The number of rotatable bonds is 4. The average molecular weight is 330 g/mol. The number of allylic oxidation sites excluding steroid dienone is 10. The van der Waals surface area contributed by atoms with Crippen LogP contribution in [0.3, 0.4) is 0 Å². The first-order valence-corrected chi connectivity index (χ1v) is 6.46. The molecule has 0 fully saturated rings. The van der Waals surface area contributed by atoms with Gasteiger partial charge < -0.3 is 19.7 Å². The maximum absolute atomic E-state index is 10.9. The fourth-order valence-electron chi connectivity index (χ4n) is 1.45. The van der Waals surface area contributed by atoms with E-state index in [0.717, 1.165) is 0 Å². The molecule has 114 valence electrons. The van der Waals surface area contributed by atoms with Crippen molar-refractivity contribution in [2.45, 2.75) is 13.8 Å². The Morgan fingerprint density at radius 1 is 0.762 bits per heavy atom. The van der Waals surface area contributed by atoms with Crippen LogP contribution in [0.5, 0.6) is 0 Å². The molecule has 0 aromatic rings. The normalized spacial score (nSPS) is 13.6. The molecule has 0 saturated carbocycles. The molecule has 4 nitrogen and oxygen atoms in total. The summed E-state index contributed by atoms with van der Waals surface area (Å²) in [6, 6.07) is 0. The minimum absolute atomic E-state index is 0. The molecule has 0 N–H and O–H groups in total. The van der Waals surface area contributed by atoms with E-state index < -0.39 is 0 Å². The Kier molecular flexibility index (Phi) is 9.93. The van der Waals surface area contributed by atoms with Crippen LogP contribution in [0.1, 0.15) is 13.8 Å². The summed E-state index contributed by atoms with van der Waals surface area (Å²) >= 11 is 0. The van der Waals surface area contributed by atoms with Crippen LogP contribution < -0.4 is 10.2 Å². The minimum atomic E-state index is -0.243. The van der Waals surface area contributed by atoms with Gasteiger partial charge in [0.2, 0.25) is 0 Å². The zero-order valence-electron chi connectivity index (χ0n) is 12.0. The van der Waals surface area contributed by atoms with Crippen molar-refractivity contribution in [2.75, 3.05) is 13.2 Å². The molecule has 0 aromatic carbocycles. The van der Waals surface area contributed by atoms with Gasteiger partial charge in [-0.1, -0.05) is 62.5 Å². The van der Waals surface area contributed by atoms with Gasteiger partial charge in [0.25, 0.3) is 0 Å². The van der Waals surface area contributed by atoms with Gasteiger partial charge in [-0.15, -0.1) is 0 Å². The fourth-order valence-corrected chi connectivity index (χ4v) is 1.45. The Morgan fingerprint density at radius 3 is 1.29 bits per heavy atom. The summed E-state index contributed by atoms with van der Waals surface area (Å²) < 4.78 is 9.49. The van der Waals surface area contributed by atoms with Crippen molar-refractivity contribution in [1.29, 1.82) is 0 Å². The molecule has 0 spiro atoms. The molecule has 0 unspecified atom stereocenters. The molecular weight excluding hydrogens is 312 g/mol. The van der Waals surface area contributed by atoms with Crippen LogP contribution in [0.15, 0.2) is 71.6 Å². The zero-order valence-corrected chi connectivity index (χ0v) is 13.1. The Morgan fingerprint density at radius 2 is 1.05 bits per heavy atom. The summed E-state index contributed by atoms with van der Waals surface area (Å²) in [4.78, 5) is 0. The van der Waals surface area contributed by atoms with Crippen molar-refractivity contribution in [3.8, 4) is 0 Å². The first-order valence-electron chi connectivity index (χ1n) is 6.46. The van der Waals surface area contributed by atoms with E-state index in [-0.39, 0.29) is 29.0 Å². The first kappa shape index (κ1) is 19.2. The van der Waals surface area contributed by atoms with Crippen molar-refractivity contribution in [2.24, 2.45) is 0 Å². The molecule has 0 radical (unpaired) electrons. The summed E-state index contributed by atoms with van der Waals surface area (Å²) in [5.74, 6) is -0.486. The molecule has 0 amide bonds. The monoisotopic (exact) mass is 330 g/mol. The number of hydrogen-bond donors (Lipinski definition) is 0. The third-order valence-electron chi connectivity index (χ3n) is 2.35. The van der Waals surface area contributed by atoms with E-state index in [4.69, 9.17) is 9.47 Å². The third kappa shape index (κ3) is 6.93. The van der Waals surface area contributed by atoms with E-state index in [2.05, 4.69) is 0 Å². The first-order chi connectivity index (χ1) is 9.69. The van der Waals surface area contributed by atoms with Crippen LogP contribution in [0.25, 0.3) is 0 Å². The standard InChI is InChI=1S/2C8H10O2.Fe/c2*1-2-10-8(9)7-5-3-4-6-7;/h2*3-6,9H,2H2,1H3;/q;;+2/p-2. The van der Waals surface area contributed by atoms with Crippen LogP contribution in [-0.2, 0) is 26.5 Å². The SMILES string of the molecule is CCOC([O-])=C1C=CC=C1.CCOC([O-])=C1C=CC=C1.[Fe+2]. The molecule has 0 saturated heterocycles. The van der Waals surface area contributed by atoms with Gasteiger partial charge in [-0.05, 0) is 24.4 Å². The molecule has 21 heavy (non-hydrogen) atoms. The van der Waals surface area contributed by atoms with Crippen molar-refractivity contribution in [3.05, 3.63) is 71.6 Å². The number of ether oxygens (including phenoxy) is 2. The molecule has 2 aliphatic carbocycles. The molecule has 2 rings (SSSR count). The topological polar surface area (TPSA) is 64.6 Å². The van der Waals surface area contributed by atoms with Gasteiger partial charge >= 0.3 is 17.1 Å². The zero-order chi connectivity index (χ0) is 14.8. The molecule has 0 aromatic heterocycles. The van der Waals surface area contributed by atoms with E-state index >= 15 is 0 Å². The van der Waals surface area contributed by atoms with Crippen LogP contribution in [-0.4, -0.2) is 13.2 Å². The van der Waals surface area contributed by atoms with E-state index in [1.807, 2.05) is 24.3 Å². The van der Waals surface area contributed by atoms with Crippen molar-refractivity contribution >= 4 is 0 Å². The van der Waals surface area contributed by atoms with Gasteiger partial charge in [0.1, 0.15) is 0 Å². The molecule has 5 heteroatoms. The van der Waals surface area contributed by atoms with Gasteiger partial charge in [-0.25, -0.2) is 0 Å². The molecule has 0 aliphatic heterocycles. The summed E-state index contributed by atoms with van der Waals surface area (Å²) in [5, 5.41) is 21.8. The summed E-state index contributed by atoms with van der Waals surface area (Å²) in [6.07, 6.45) is 14.2. The van der Waals surface area contributed by atoms with Gasteiger partial charge in [0.05, 0.1) is 11.9 Å². The molecule has 0 bridgehead atoms. The smallest absolute Gasteiger partial charge is 0.613 e. The van der Waals surface area contributed by atoms with Crippen LogP contribution >= 0.6 is 0 Å². The minimum Gasteiger partial charge on any atom is -0.613 e. The van der Waals surface area contributed by atoms with Crippen LogP contribution in [0.4, 0.5) is 0 Å². The summed E-state index contributed by atoms with van der Waals surface area (Å²) in [5.41, 5.74) is 1.25. The summed E-state index contributed by atoms with van der Waals surface area (Å²) in [6.45, 7) is 4.45. The predicted octanol–water partition coefficient (Wildman–Crippen LogP) is 1.44. The summed E-state index contributed by atoms with van der Waals surface area (Å²) in [7, 11) is 0.